The van der Waals surface area contributed by atoms with Gasteiger partial charge in [0.1, 0.15) is 0 Å². The molecule has 1 aromatic carbocycles. The van der Waals surface area contributed by atoms with Gasteiger partial charge in [-0.15, -0.1) is 0 Å². The van der Waals surface area contributed by atoms with Gasteiger partial charge in [-0.05, 0) is 24.5 Å². The van der Waals surface area contributed by atoms with Crippen LogP contribution in [0.5, 0.6) is 0 Å². The topological polar surface area (TPSA) is 111 Å². The lowest BCUT2D eigenvalue weighted by Gasteiger charge is -2.29. The molecule has 2 heterocycles. The number of hydrogen-bond donors (Lipinski definition) is 3. The number of hydrogen-bond acceptors (Lipinski definition) is 5. The molecule has 28 heavy (non-hydrogen) atoms. The van der Waals surface area contributed by atoms with Crippen LogP contribution in [0.3, 0.4) is 0 Å². The minimum Gasteiger partial charge on any atom is -0.351 e. The number of nitrogens with zero attached hydrogens (tertiary/aromatic N) is 3. The molecule has 4 rings (SSSR count). The Hall–Kier alpha value is -2.58. The molecule has 1 aliphatic rings. The Kier molecular flexibility index (Phi) is 4.99. The van der Waals surface area contributed by atoms with Crippen molar-refractivity contribution in [1.82, 2.24) is 19.1 Å². The maximum atomic E-state index is 12.6. The van der Waals surface area contributed by atoms with Gasteiger partial charge in [0.2, 0.25) is 5.95 Å². The van der Waals surface area contributed by atoms with Crippen LogP contribution in [0.2, 0.25) is 5.02 Å². The van der Waals surface area contributed by atoms with Crippen LogP contribution in [0.15, 0.2) is 33.9 Å². The third-order valence-corrected chi connectivity index (χ3v) is 5.80. The minimum absolute atomic E-state index is 0.0180. The molecule has 2 atom stereocenters. The van der Waals surface area contributed by atoms with Gasteiger partial charge in [0.15, 0.2) is 11.2 Å². The molecule has 0 aliphatic heterocycles. The van der Waals surface area contributed by atoms with Crippen LogP contribution in [-0.2, 0) is 13.6 Å². The van der Waals surface area contributed by atoms with E-state index in [9.17, 15) is 9.59 Å². The number of anilines is 1. The molecule has 0 bridgehead atoms. The SMILES string of the molecule is Cn1c(=O)[nH]c(=O)c2c1nc(NC1CCCCC1N)n2Cc1ccccc1Cl. The molecule has 0 saturated heterocycles. The molecule has 0 spiro atoms. The average Bonchev–Trinajstić information content (AvgIpc) is 3.02. The molecule has 1 aliphatic carbocycles. The van der Waals surface area contributed by atoms with E-state index >= 15 is 0 Å². The van der Waals surface area contributed by atoms with Crippen LogP contribution >= 0.6 is 11.6 Å². The molecule has 9 heteroatoms. The van der Waals surface area contributed by atoms with Crippen LogP contribution in [-0.4, -0.2) is 31.2 Å². The lowest BCUT2D eigenvalue weighted by atomic mass is 9.91. The molecule has 148 valence electrons. The fraction of sp³-hybridized carbons (Fsp3) is 0.421. The normalized spacial score (nSPS) is 19.8. The van der Waals surface area contributed by atoms with Crippen molar-refractivity contribution >= 4 is 28.7 Å². The van der Waals surface area contributed by atoms with Gasteiger partial charge >= 0.3 is 5.69 Å². The number of aromatic nitrogens is 4. The summed E-state index contributed by atoms with van der Waals surface area (Å²) in [5.41, 5.74) is 6.82. The van der Waals surface area contributed by atoms with Crippen LogP contribution in [0.1, 0.15) is 31.2 Å². The Balaban J connectivity index is 1.86. The fourth-order valence-electron chi connectivity index (χ4n) is 3.80. The summed E-state index contributed by atoms with van der Waals surface area (Å²) in [6.45, 7) is 0.349. The molecule has 4 N–H and O–H groups in total. The first-order chi connectivity index (χ1) is 13.5. The zero-order chi connectivity index (χ0) is 19.8. The first kappa shape index (κ1) is 18.8. The molecule has 3 aromatic rings. The Morgan fingerprint density at radius 2 is 2.04 bits per heavy atom. The highest BCUT2D eigenvalue weighted by molar-refractivity contribution is 6.31. The number of halogens is 1. The lowest BCUT2D eigenvalue weighted by molar-refractivity contribution is 0.401. The Morgan fingerprint density at radius 1 is 1.29 bits per heavy atom. The van der Waals surface area contributed by atoms with Crippen LogP contribution in [0.25, 0.3) is 11.2 Å². The number of rotatable bonds is 4. The Morgan fingerprint density at radius 3 is 2.79 bits per heavy atom. The standard InChI is InChI=1S/C19H23ClN6O2/c1-25-16-15(17(27)24-19(25)28)26(10-11-6-2-3-7-12(11)20)18(23-16)22-14-9-5-4-8-13(14)21/h2-3,6-7,13-14H,4-5,8-10,21H2,1H3,(H,22,23)(H,24,27,28). The molecular weight excluding hydrogens is 380 g/mol. The van der Waals surface area contributed by atoms with Crippen molar-refractivity contribution in [3.05, 3.63) is 55.7 Å². The highest BCUT2D eigenvalue weighted by atomic mass is 35.5. The maximum Gasteiger partial charge on any atom is 0.329 e. The van der Waals surface area contributed by atoms with Gasteiger partial charge in [-0.2, -0.15) is 4.98 Å². The predicted molar refractivity (Wildman–Crippen MR) is 110 cm³/mol. The van der Waals surface area contributed by atoms with Crippen molar-refractivity contribution < 1.29 is 0 Å². The minimum atomic E-state index is -0.499. The van der Waals surface area contributed by atoms with Crippen molar-refractivity contribution in [2.24, 2.45) is 12.8 Å². The van der Waals surface area contributed by atoms with E-state index in [4.69, 9.17) is 17.3 Å². The lowest BCUT2D eigenvalue weighted by Crippen LogP contribution is -2.43. The average molecular weight is 403 g/mol. The number of nitrogens with one attached hydrogen (secondary N) is 2. The molecule has 2 aromatic heterocycles. The Labute approximate surface area is 166 Å². The number of aryl methyl sites for hydroxylation is 1. The van der Waals surface area contributed by atoms with Crippen LogP contribution in [0, 0.1) is 0 Å². The smallest absolute Gasteiger partial charge is 0.329 e. The zero-order valence-corrected chi connectivity index (χ0v) is 16.4. The van der Waals surface area contributed by atoms with E-state index in [1.54, 1.807) is 17.7 Å². The van der Waals surface area contributed by atoms with E-state index in [0.29, 0.717) is 28.7 Å². The quantitative estimate of drug-likeness (QED) is 0.616. The highest BCUT2D eigenvalue weighted by Gasteiger charge is 2.25. The number of aromatic amines is 1. The highest BCUT2D eigenvalue weighted by Crippen LogP contribution is 2.25. The van der Waals surface area contributed by atoms with Crippen molar-refractivity contribution in [1.29, 1.82) is 0 Å². The van der Waals surface area contributed by atoms with Gasteiger partial charge in [0, 0.05) is 24.2 Å². The van der Waals surface area contributed by atoms with Crippen molar-refractivity contribution in [2.75, 3.05) is 5.32 Å². The monoisotopic (exact) mass is 402 g/mol. The molecular formula is C19H23ClN6O2. The van der Waals surface area contributed by atoms with Gasteiger partial charge < -0.3 is 11.1 Å². The third kappa shape index (κ3) is 3.33. The van der Waals surface area contributed by atoms with Crippen molar-refractivity contribution in [3.8, 4) is 0 Å². The van der Waals surface area contributed by atoms with Gasteiger partial charge in [-0.25, -0.2) is 4.79 Å². The first-order valence-electron chi connectivity index (χ1n) is 9.41. The molecule has 8 nitrogen and oxygen atoms in total. The molecule has 1 saturated carbocycles. The summed E-state index contributed by atoms with van der Waals surface area (Å²) in [5, 5.41) is 4.02. The number of imidazole rings is 1. The molecule has 1 fully saturated rings. The van der Waals surface area contributed by atoms with Crippen molar-refractivity contribution in [2.45, 2.75) is 44.3 Å². The summed E-state index contributed by atoms with van der Waals surface area (Å²) >= 11 is 6.34. The van der Waals surface area contributed by atoms with E-state index < -0.39 is 11.2 Å². The van der Waals surface area contributed by atoms with E-state index in [2.05, 4.69) is 15.3 Å². The van der Waals surface area contributed by atoms with E-state index in [1.165, 1.54) is 4.57 Å². The third-order valence-electron chi connectivity index (χ3n) is 5.43. The summed E-state index contributed by atoms with van der Waals surface area (Å²) in [7, 11) is 1.59. The number of H-pyrrole nitrogens is 1. The van der Waals surface area contributed by atoms with E-state index in [1.807, 2.05) is 18.2 Å². The summed E-state index contributed by atoms with van der Waals surface area (Å²) in [4.78, 5) is 31.6. The largest absolute Gasteiger partial charge is 0.351 e. The molecule has 0 amide bonds. The summed E-state index contributed by atoms with van der Waals surface area (Å²) < 4.78 is 3.11. The molecule has 2 unspecified atom stereocenters. The summed E-state index contributed by atoms with van der Waals surface area (Å²) in [5.74, 6) is 0.518. The van der Waals surface area contributed by atoms with Crippen molar-refractivity contribution in [3.63, 3.8) is 0 Å². The summed E-state index contributed by atoms with van der Waals surface area (Å²) in [6, 6.07) is 7.54. The van der Waals surface area contributed by atoms with Crippen LogP contribution < -0.4 is 22.3 Å². The second kappa shape index (κ2) is 7.44. The maximum absolute atomic E-state index is 12.6. The zero-order valence-electron chi connectivity index (χ0n) is 15.6. The van der Waals surface area contributed by atoms with Gasteiger partial charge in [-0.3, -0.25) is 18.9 Å². The Bertz CT molecular complexity index is 1130. The number of nitrogens with two attached hydrogens (primary N) is 1. The first-order valence-corrected chi connectivity index (χ1v) is 9.78. The predicted octanol–water partition coefficient (Wildman–Crippen LogP) is 1.81. The number of fused-ring (bicyclic) bond motifs is 1. The van der Waals surface area contributed by atoms with E-state index in [0.717, 1.165) is 31.2 Å². The summed E-state index contributed by atoms with van der Waals surface area (Å²) in [6.07, 6.45) is 4.09. The second-order valence-corrected chi connectivity index (χ2v) is 7.71. The van der Waals surface area contributed by atoms with Crippen LogP contribution in [0.4, 0.5) is 5.95 Å². The van der Waals surface area contributed by atoms with Gasteiger partial charge in [0.05, 0.1) is 6.54 Å². The fourth-order valence-corrected chi connectivity index (χ4v) is 4.00. The van der Waals surface area contributed by atoms with Gasteiger partial charge in [0.25, 0.3) is 5.56 Å². The number of benzene rings is 1. The second-order valence-electron chi connectivity index (χ2n) is 7.30. The van der Waals surface area contributed by atoms with Gasteiger partial charge in [-0.1, -0.05) is 42.6 Å². The van der Waals surface area contributed by atoms with E-state index in [-0.39, 0.29) is 12.1 Å². The molecule has 0 radical (unpaired) electrons.